The van der Waals surface area contributed by atoms with Crippen LogP contribution in [-0.4, -0.2) is 8.42 Å². The van der Waals surface area contributed by atoms with Crippen molar-refractivity contribution < 1.29 is 17.2 Å². The van der Waals surface area contributed by atoms with Crippen molar-refractivity contribution in [2.45, 2.75) is 11.8 Å². The summed E-state index contributed by atoms with van der Waals surface area (Å²) in [6.45, 7) is 1.66. The molecule has 106 valence electrons. The molecule has 0 radical (unpaired) electrons. The minimum atomic E-state index is -4.13. The highest BCUT2D eigenvalue weighted by Crippen LogP contribution is 2.23. The van der Waals surface area contributed by atoms with Crippen LogP contribution < -0.4 is 10.5 Å². The van der Waals surface area contributed by atoms with E-state index in [1.807, 2.05) is 0 Å². The van der Waals surface area contributed by atoms with Gasteiger partial charge in [0.05, 0.1) is 5.69 Å². The van der Waals surface area contributed by atoms with E-state index in [1.54, 1.807) is 13.0 Å². The third-order valence-corrected chi connectivity index (χ3v) is 4.08. The van der Waals surface area contributed by atoms with Gasteiger partial charge in [0.25, 0.3) is 10.0 Å². The Bertz CT molecular complexity index is 761. The van der Waals surface area contributed by atoms with Crippen LogP contribution in [-0.2, 0) is 10.0 Å². The lowest BCUT2D eigenvalue weighted by molar-refractivity contribution is 0.551. The van der Waals surface area contributed by atoms with Gasteiger partial charge in [-0.05, 0) is 42.8 Å². The van der Waals surface area contributed by atoms with Crippen LogP contribution in [0.2, 0.25) is 0 Å². The number of rotatable bonds is 3. The van der Waals surface area contributed by atoms with Crippen molar-refractivity contribution in [3.8, 4) is 0 Å². The highest BCUT2D eigenvalue weighted by Gasteiger charge is 2.20. The largest absolute Gasteiger partial charge is 0.399 e. The van der Waals surface area contributed by atoms with Gasteiger partial charge >= 0.3 is 0 Å². The van der Waals surface area contributed by atoms with E-state index in [-0.39, 0.29) is 5.69 Å². The number of hydrogen-bond donors (Lipinski definition) is 2. The second-order valence-electron chi connectivity index (χ2n) is 4.25. The van der Waals surface area contributed by atoms with Gasteiger partial charge in [-0.1, -0.05) is 0 Å². The van der Waals surface area contributed by atoms with Gasteiger partial charge in [-0.15, -0.1) is 0 Å². The van der Waals surface area contributed by atoms with E-state index < -0.39 is 26.6 Å². The lowest BCUT2D eigenvalue weighted by Gasteiger charge is -2.11. The van der Waals surface area contributed by atoms with Crippen LogP contribution in [0.1, 0.15) is 5.56 Å². The summed E-state index contributed by atoms with van der Waals surface area (Å²) in [6.07, 6.45) is 0. The van der Waals surface area contributed by atoms with Crippen LogP contribution in [0.4, 0.5) is 20.2 Å². The first-order valence-corrected chi connectivity index (χ1v) is 7.12. The number of anilines is 2. The number of nitrogen functional groups attached to an aromatic ring is 1. The van der Waals surface area contributed by atoms with Gasteiger partial charge < -0.3 is 5.73 Å². The van der Waals surface area contributed by atoms with Crippen molar-refractivity contribution in [2.24, 2.45) is 0 Å². The first-order valence-electron chi connectivity index (χ1n) is 5.63. The van der Waals surface area contributed by atoms with Crippen LogP contribution in [0, 0.1) is 18.6 Å². The maximum atomic E-state index is 13.5. The van der Waals surface area contributed by atoms with E-state index >= 15 is 0 Å². The van der Waals surface area contributed by atoms with Crippen LogP contribution in [0.5, 0.6) is 0 Å². The second kappa shape index (κ2) is 5.09. The standard InChI is InChI=1S/C13H12F2N2O2S/c1-8-6-10(16)3-4-12(8)17-20(18,19)13-5-2-9(14)7-11(13)15/h2-7,17H,16H2,1H3. The number of nitrogens with two attached hydrogens (primary N) is 1. The van der Waals surface area contributed by atoms with Crippen LogP contribution in [0.25, 0.3) is 0 Å². The maximum Gasteiger partial charge on any atom is 0.264 e. The maximum absolute atomic E-state index is 13.5. The van der Waals surface area contributed by atoms with Crippen LogP contribution in [0.3, 0.4) is 0 Å². The Morgan fingerprint density at radius 1 is 1.10 bits per heavy atom. The number of halogens is 2. The van der Waals surface area contributed by atoms with Gasteiger partial charge in [-0.25, -0.2) is 17.2 Å². The SMILES string of the molecule is Cc1cc(N)ccc1NS(=O)(=O)c1ccc(F)cc1F. The average molecular weight is 298 g/mol. The zero-order valence-electron chi connectivity index (χ0n) is 10.5. The molecule has 0 saturated heterocycles. The van der Waals surface area contributed by atoms with Crippen molar-refractivity contribution in [3.63, 3.8) is 0 Å². The summed E-state index contributed by atoms with van der Waals surface area (Å²) in [5, 5.41) is 0. The summed E-state index contributed by atoms with van der Waals surface area (Å²) >= 11 is 0. The highest BCUT2D eigenvalue weighted by atomic mass is 32.2. The lowest BCUT2D eigenvalue weighted by Crippen LogP contribution is -2.15. The zero-order valence-corrected chi connectivity index (χ0v) is 11.3. The molecule has 0 aliphatic heterocycles. The summed E-state index contributed by atoms with van der Waals surface area (Å²) in [4.78, 5) is -0.616. The van der Waals surface area contributed by atoms with Crippen LogP contribution >= 0.6 is 0 Å². The predicted molar refractivity (Wildman–Crippen MR) is 72.8 cm³/mol. The van der Waals surface area contributed by atoms with E-state index in [2.05, 4.69) is 4.72 Å². The molecule has 0 bridgehead atoms. The van der Waals surface area contributed by atoms with E-state index in [0.29, 0.717) is 17.3 Å². The smallest absolute Gasteiger partial charge is 0.264 e. The molecule has 2 aromatic rings. The van der Waals surface area contributed by atoms with Gasteiger partial charge in [0, 0.05) is 11.8 Å². The normalized spacial score (nSPS) is 11.3. The molecule has 0 saturated carbocycles. The molecule has 4 nitrogen and oxygen atoms in total. The van der Waals surface area contributed by atoms with Gasteiger partial charge in [-0.3, -0.25) is 4.72 Å². The van der Waals surface area contributed by atoms with E-state index in [4.69, 9.17) is 5.73 Å². The average Bonchev–Trinajstić information content (AvgIpc) is 2.32. The Kier molecular flexibility index (Phi) is 3.63. The molecule has 2 aromatic carbocycles. The Labute approximate surface area is 115 Å². The number of hydrogen-bond acceptors (Lipinski definition) is 3. The summed E-state index contributed by atoms with van der Waals surface area (Å²) in [5.41, 5.74) is 6.92. The number of sulfonamides is 1. The Morgan fingerprint density at radius 3 is 2.40 bits per heavy atom. The van der Waals surface area contributed by atoms with Crippen molar-refractivity contribution in [3.05, 3.63) is 53.6 Å². The molecule has 20 heavy (non-hydrogen) atoms. The van der Waals surface area contributed by atoms with E-state index in [9.17, 15) is 17.2 Å². The number of nitrogens with one attached hydrogen (secondary N) is 1. The topological polar surface area (TPSA) is 72.2 Å². The lowest BCUT2D eigenvalue weighted by atomic mass is 10.2. The molecule has 0 unspecified atom stereocenters. The monoisotopic (exact) mass is 298 g/mol. The first kappa shape index (κ1) is 14.3. The fraction of sp³-hybridized carbons (Fsp3) is 0.0769. The number of benzene rings is 2. The van der Waals surface area contributed by atoms with Gasteiger partial charge in [0.15, 0.2) is 0 Å². The van der Waals surface area contributed by atoms with Gasteiger partial charge in [0.1, 0.15) is 16.5 Å². The Balaban J connectivity index is 2.41. The Morgan fingerprint density at radius 2 is 1.80 bits per heavy atom. The zero-order chi connectivity index (χ0) is 14.9. The quantitative estimate of drug-likeness (QED) is 0.856. The molecular weight excluding hydrogens is 286 g/mol. The fourth-order valence-corrected chi connectivity index (χ4v) is 2.89. The summed E-state index contributed by atoms with van der Waals surface area (Å²) in [5.74, 6) is -1.99. The van der Waals surface area contributed by atoms with Crippen molar-refractivity contribution >= 4 is 21.4 Å². The molecule has 3 N–H and O–H groups in total. The molecule has 0 amide bonds. The van der Waals surface area contributed by atoms with E-state index in [1.165, 1.54) is 12.1 Å². The van der Waals surface area contributed by atoms with E-state index in [0.717, 1.165) is 12.1 Å². The predicted octanol–water partition coefficient (Wildman–Crippen LogP) is 2.66. The first-order chi connectivity index (χ1) is 9.29. The van der Waals surface area contributed by atoms with Crippen molar-refractivity contribution in [2.75, 3.05) is 10.5 Å². The molecule has 0 spiro atoms. The third kappa shape index (κ3) is 2.88. The summed E-state index contributed by atoms with van der Waals surface area (Å²) in [6, 6.07) is 6.85. The molecule has 7 heteroatoms. The highest BCUT2D eigenvalue weighted by molar-refractivity contribution is 7.92. The molecule has 0 aromatic heterocycles. The molecule has 0 fully saturated rings. The fourth-order valence-electron chi connectivity index (χ4n) is 1.69. The van der Waals surface area contributed by atoms with Crippen LogP contribution in [0.15, 0.2) is 41.3 Å². The summed E-state index contributed by atoms with van der Waals surface area (Å²) in [7, 11) is -4.13. The molecule has 0 atom stereocenters. The third-order valence-electron chi connectivity index (χ3n) is 2.68. The van der Waals surface area contributed by atoms with Crippen molar-refractivity contribution in [1.29, 1.82) is 0 Å². The molecule has 0 aliphatic carbocycles. The second-order valence-corrected chi connectivity index (χ2v) is 5.91. The minimum absolute atomic E-state index is 0.280. The molecule has 2 rings (SSSR count). The molecular formula is C13H12F2N2O2S. The molecule has 0 aliphatic rings. The minimum Gasteiger partial charge on any atom is -0.399 e. The van der Waals surface area contributed by atoms with Gasteiger partial charge in [-0.2, -0.15) is 0 Å². The summed E-state index contributed by atoms with van der Waals surface area (Å²) < 4.78 is 52.7. The Hall–Kier alpha value is -2.15. The van der Waals surface area contributed by atoms with Gasteiger partial charge in [0.2, 0.25) is 0 Å². The number of aryl methyl sites for hydroxylation is 1. The molecule has 0 heterocycles. The van der Waals surface area contributed by atoms with Crippen molar-refractivity contribution in [1.82, 2.24) is 0 Å².